The number of alkyl halides is 3. The van der Waals surface area contributed by atoms with E-state index in [2.05, 4.69) is 14.9 Å². The van der Waals surface area contributed by atoms with Gasteiger partial charge in [-0.3, -0.25) is 0 Å². The Morgan fingerprint density at radius 1 is 1.05 bits per heavy atom. The van der Waals surface area contributed by atoms with E-state index in [-0.39, 0.29) is 10.7 Å². The number of halogens is 4. The van der Waals surface area contributed by atoms with Gasteiger partial charge in [0.05, 0.1) is 16.6 Å². The molecule has 0 N–H and O–H groups in total. The van der Waals surface area contributed by atoms with Crippen molar-refractivity contribution in [3.8, 4) is 0 Å². The summed E-state index contributed by atoms with van der Waals surface area (Å²) in [6.45, 7) is 3.13. The van der Waals surface area contributed by atoms with Crippen molar-refractivity contribution in [2.75, 3.05) is 38.1 Å². The zero-order valence-corrected chi connectivity index (χ0v) is 12.6. The molecule has 2 aromatic rings. The molecule has 0 bridgehead atoms. The molecule has 1 aromatic heterocycles. The number of anilines is 1. The molecule has 22 heavy (non-hydrogen) atoms. The topological polar surface area (TPSA) is 32.3 Å². The van der Waals surface area contributed by atoms with Crippen molar-refractivity contribution in [3.63, 3.8) is 0 Å². The lowest BCUT2D eigenvalue weighted by Crippen LogP contribution is -2.45. The van der Waals surface area contributed by atoms with Crippen LogP contribution in [0.1, 0.15) is 5.56 Å². The molecule has 4 nitrogen and oxygen atoms in total. The van der Waals surface area contributed by atoms with Crippen LogP contribution in [0.2, 0.25) is 5.15 Å². The molecule has 2 heterocycles. The van der Waals surface area contributed by atoms with E-state index in [0.29, 0.717) is 11.3 Å². The first-order valence-electron chi connectivity index (χ1n) is 6.82. The maximum atomic E-state index is 12.8. The number of piperazine rings is 1. The second-order valence-electron chi connectivity index (χ2n) is 5.33. The van der Waals surface area contributed by atoms with E-state index in [1.165, 1.54) is 6.07 Å². The minimum Gasteiger partial charge on any atom is -0.351 e. The molecule has 0 aliphatic carbocycles. The Bertz CT molecular complexity index is 696. The van der Waals surface area contributed by atoms with Crippen molar-refractivity contribution in [2.45, 2.75) is 6.18 Å². The predicted molar refractivity (Wildman–Crippen MR) is 79.3 cm³/mol. The van der Waals surface area contributed by atoms with Gasteiger partial charge in [-0.2, -0.15) is 13.2 Å². The molecule has 0 amide bonds. The van der Waals surface area contributed by atoms with Crippen LogP contribution in [0.15, 0.2) is 18.2 Å². The maximum Gasteiger partial charge on any atom is 0.416 e. The van der Waals surface area contributed by atoms with Crippen LogP contribution in [0.4, 0.5) is 19.0 Å². The molecule has 0 saturated carbocycles. The summed E-state index contributed by atoms with van der Waals surface area (Å²) in [6.07, 6.45) is -4.40. The molecule has 0 atom stereocenters. The standard InChI is InChI=1S/C14H14ClF3N4/c1-21-4-6-22(7-5-21)13-12(15)19-10-3-2-9(14(16,17)18)8-11(10)20-13/h2-3,8H,4-7H2,1H3. The van der Waals surface area contributed by atoms with Gasteiger partial charge in [0.2, 0.25) is 0 Å². The molecular formula is C14H14ClF3N4. The summed E-state index contributed by atoms with van der Waals surface area (Å²) in [6, 6.07) is 3.30. The molecule has 1 aliphatic heterocycles. The van der Waals surface area contributed by atoms with Crippen LogP contribution in [0.3, 0.4) is 0 Å². The molecule has 1 aromatic carbocycles. The normalized spacial score (nSPS) is 17.2. The van der Waals surface area contributed by atoms with E-state index in [0.717, 1.165) is 38.3 Å². The first kappa shape index (κ1) is 15.3. The van der Waals surface area contributed by atoms with Gasteiger partial charge in [-0.25, -0.2) is 9.97 Å². The summed E-state index contributed by atoms with van der Waals surface area (Å²) in [5.41, 5.74) is -0.176. The molecule has 3 rings (SSSR count). The minimum atomic E-state index is -4.40. The Kier molecular flexibility index (Phi) is 3.86. The van der Waals surface area contributed by atoms with Crippen molar-refractivity contribution in [2.24, 2.45) is 0 Å². The monoisotopic (exact) mass is 330 g/mol. The van der Waals surface area contributed by atoms with Gasteiger partial charge >= 0.3 is 6.18 Å². The average molecular weight is 331 g/mol. The van der Waals surface area contributed by atoms with Gasteiger partial charge in [0.1, 0.15) is 0 Å². The summed E-state index contributed by atoms with van der Waals surface area (Å²) in [4.78, 5) is 12.6. The van der Waals surface area contributed by atoms with Crippen molar-refractivity contribution in [3.05, 3.63) is 28.9 Å². The van der Waals surface area contributed by atoms with E-state index < -0.39 is 11.7 Å². The molecule has 1 saturated heterocycles. The van der Waals surface area contributed by atoms with E-state index in [9.17, 15) is 13.2 Å². The van der Waals surface area contributed by atoms with Crippen LogP contribution >= 0.6 is 11.6 Å². The first-order chi connectivity index (χ1) is 10.3. The number of fused-ring (bicyclic) bond motifs is 1. The van der Waals surface area contributed by atoms with E-state index in [4.69, 9.17) is 11.6 Å². The molecule has 1 fully saturated rings. The van der Waals surface area contributed by atoms with Crippen LogP contribution in [-0.4, -0.2) is 48.1 Å². The number of hydrogen-bond donors (Lipinski definition) is 0. The third-order valence-corrected chi connectivity index (χ3v) is 3.99. The Morgan fingerprint density at radius 3 is 2.36 bits per heavy atom. The number of aromatic nitrogens is 2. The third-order valence-electron chi connectivity index (χ3n) is 3.74. The van der Waals surface area contributed by atoms with Crippen LogP contribution in [0.25, 0.3) is 11.0 Å². The zero-order valence-electron chi connectivity index (χ0n) is 11.9. The average Bonchev–Trinajstić information content (AvgIpc) is 2.46. The Labute approximate surface area is 130 Å². The molecule has 1 aliphatic rings. The van der Waals surface area contributed by atoms with Crippen LogP contribution in [-0.2, 0) is 6.18 Å². The van der Waals surface area contributed by atoms with Gasteiger partial charge in [-0.1, -0.05) is 11.6 Å². The second kappa shape index (κ2) is 5.55. The Morgan fingerprint density at radius 2 is 1.73 bits per heavy atom. The van der Waals surface area contributed by atoms with E-state index >= 15 is 0 Å². The number of nitrogens with zero attached hydrogens (tertiary/aromatic N) is 4. The molecule has 8 heteroatoms. The van der Waals surface area contributed by atoms with Crippen molar-refractivity contribution in [1.29, 1.82) is 0 Å². The van der Waals surface area contributed by atoms with E-state index in [1.807, 2.05) is 11.9 Å². The predicted octanol–water partition coefficient (Wildman–Crippen LogP) is 3.05. The van der Waals surface area contributed by atoms with Crippen LogP contribution in [0.5, 0.6) is 0 Å². The minimum absolute atomic E-state index is 0.202. The fourth-order valence-electron chi connectivity index (χ4n) is 2.42. The third kappa shape index (κ3) is 2.96. The van der Waals surface area contributed by atoms with Crippen molar-refractivity contribution < 1.29 is 13.2 Å². The fraction of sp³-hybridized carbons (Fsp3) is 0.429. The highest BCUT2D eigenvalue weighted by Crippen LogP contribution is 2.32. The summed E-state index contributed by atoms with van der Waals surface area (Å²) in [7, 11) is 2.01. The van der Waals surface area contributed by atoms with Gasteiger partial charge in [0.15, 0.2) is 11.0 Å². The summed E-state index contributed by atoms with van der Waals surface area (Å²) in [5, 5.41) is 0.219. The summed E-state index contributed by atoms with van der Waals surface area (Å²) >= 11 is 6.15. The van der Waals surface area contributed by atoms with Gasteiger partial charge < -0.3 is 9.80 Å². The molecular weight excluding hydrogens is 317 g/mol. The van der Waals surface area contributed by atoms with Gasteiger partial charge in [-0.15, -0.1) is 0 Å². The molecule has 0 spiro atoms. The summed E-state index contributed by atoms with van der Waals surface area (Å²) < 4.78 is 38.4. The van der Waals surface area contributed by atoms with Crippen molar-refractivity contribution in [1.82, 2.24) is 14.9 Å². The molecule has 118 valence electrons. The Hall–Kier alpha value is -1.60. The number of likely N-dealkylation sites (N-methyl/N-ethyl adjacent to an activating group) is 1. The van der Waals surface area contributed by atoms with Gasteiger partial charge in [-0.05, 0) is 25.2 Å². The van der Waals surface area contributed by atoms with Crippen LogP contribution < -0.4 is 4.90 Å². The van der Waals surface area contributed by atoms with Crippen molar-refractivity contribution >= 4 is 28.5 Å². The zero-order chi connectivity index (χ0) is 15.9. The lowest BCUT2D eigenvalue weighted by atomic mass is 10.2. The summed E-state index contributed by atoms with van der Waals surface area (Å²) in [5.74, 6) is 0.446. The quantitative estimate of drug-likeness (QED) is 0.804. The first-order valence-corrected chi connectivity index (χ1v) is 7.20. The molecule has 0 radical (unpaired) electrons. The number of rotatable bonds is 1. The highest BCUT2D eigenvalue weighted by molar-refractivity contribution is 6.32. The second-order valence-corrected chi connectivity index (χ2v) is 5.69. The number of benzene rings is 1. The lowest BCUT2D eigenvalue weighted by molar-refractivity contribution is -0.137. The van der Waals surface area contributed by atoms with Gasteiger partial charge in [0.25, 0.3) is 0 Å². The highest BCUT2D eigenvalue weighted by Gasteiger charge is 2.31. The smallest absolute Gasteiger partial charge is 0.351 e. The maximum absolute atomic E-state index is 12.8. The van der Waals surface area contributed by atoms with Crippen LogP contribution in [0, 0.1) is 0 Å². The fourth-order valence-corrected chi connectivity index (χ4v) is 2.67. The highest BCUT2D eigenvalue weighted by atomic mass is 35.5. The van der Waals surface area contributed by atoms with Gasteiger partial charge in [0, 0.05) is 26.2 Å². The Balaban J connectivity index is 2.02. The largest absolute Gasteiger partial charge is 0.416 e. The number of hydrogen-bond acceptors (Lipinski definition) is 4. The van der Waals surface area contributed by atoms with E-state index in [1.54, 1.807) is 0 Å². The SMILES string of the molecule is CN1CCN(c2nc3cc(C(F)(F)F)ccc3nc2Cl)CC1. The molecule has 0 unspecified atom stereocenters. The lowest BCUT2D eigenvalue weighted by Gasteiger charge is -2.33.